The van der Waals surface area contributed by atoms with E-state index in [9.17, 15) is 9.90 Å². The quantitative estimate of drug-likeness (QED) is 0.623. The highest BCUT2D eigenvalue weighted by atomic mass is 16.4. The summed E-state index contributed by atoms with van der Waals surface area (Å²) in [6.45, 7) is 4.00. The molecule has 0 heterocycles. The summed E-state index contributed by atoms with van der Waals surface area (Å²) in [5.41, 5.74) is 4.35. The predicted octanol–water partition coefficient (Wildman–Crippen LogP) is 5.99. The largest absolute Gasteiger partial charge is 0.481 e. The summed E-state index contributed by atoms with van der Waals surface area (Å²) in [7, 11) is 0. The summed E-state index contributed by atoms with van der Waals surface area (Å²) in [6, 6.07) is 28.2. The highest BCUT2D eigenvalue weighted by molar-refractivity contribution is 5.69. The van der Waals surface area contributed by atoms with Crippen molar-refractivity contribution in [3.63, 3.8) is 0 Å². The monoisotopic (exact) mass is 332 g/mol. The van der Waals surface area contributed by atoms with Crippen LogP contribution in [0.5, 0.6) is 0 Å². The van der Waals surface area contributed by atoms with Gasteiger partial charge >= 0.3 is 5.97 Å². The maximum Gasteiger partial charge on any atom is 0.304 e. The molecule has 0 saturated heterocycles. The molecule has 0 aliphatic rings. The van der Waals surface area contributed by atoms with Gasteiger partial charge in [0.2, 0.25) is 0 Å². The van der Waals surface area contributed by atoms with E-state index in [2.05, 4.69) is 24.3 Å². The molecule has 1 atom stereocenters. The molecule has 3 rings (SSSR count). The summed E-state index contributed by atoms with van der Waals surface area (Å²) >= 11 is 0. The lowest BCUT2D eigenvalue weighted by Crippen LogP contribution is -2.07. The molecule has 0 amide bonds. The van der Waals surface area contributed by atoms with E-state index in [0.717, 1.165) is 22.3 Å². The van der Waals surface area contributed by atoms with Crippen LogP contribution in [0.25, 0.3) is 11.1 Å². The van der Waals surface area contributed by atoms with Gasteiger partial charge in [-0.2, -0.15) is 0 Å². The Kier molecular flexibility index (Phi) is 6.97. The van der Waals surface area contributed by atoms with E-state index in [4.69, 9.17) is 0 Å². The maximum atomic E-state index is 11.2. The van der Waals surface area contributed by atoms with Gasteiger partial charge in [0.25, 0.3) is 0 Å². The van der Waals surface area contributed by atoms with Gasteiger partial charge in [0, 0.05) is 5.92 Å². The molecule has 0 spiro atoms. The fourth-order valence-corrected chi connectivity index (χ4v) is 2.83. The molecule has 0 bridgehead atoms. The van der Waals surface area contributed by atoms with Crippen molar-refractivity contribution in [1.82, 2.24) is 0 Å². The van der Waals surface area contributed by atoms with Crippen molar-refractivity contribution in [3.05, 3.63) is 96.1 Å². The minimum absolute atomic E-state index is 0.0920. The Morgan fingerprint density at radius 3 is 1.68 bits per heavy atom. The Hall–Kier alpha value is -2.87. The van der Waals surface area contributed by atoms with Gasteiger partial charge in [-0.1, -0.05) is 98.8 Å². The van der Waals surface area contributed by atoms with E-state index in [1.54, 1.807) is 0 Å². The topological polar surface area (TPSA) is 37.3 Å². The van der Waals surface area contributed by atoms with Crippen LogP contribution in [0.3, 0.4) is 0 Å². The highest BCUT2D eigenvalue weighted by Crippen LogP contribution is 2.30. The van der Waals surface area contributed by atoms with Crippen LogP contribution >= 0.6 is 0 Å². The number of hydrogen-bond acceptors (Lipinski definition) is 1. The zero-order valence-electron chi connectivity index (χ0n) is 14.7. The van der Waals surface area contributed by atoms with E-state index in [1.165, 1.54) is 0 Å². The average Bonchev–Trinajstić information content (AvgIpc) is 2.69. The first-order valence-corrected chi connectivity index (χ1v) is 8.66. The normalized spacial score (nSPS) is 11.1. The Morgan fingerprint density at radius 1 is 0.720 bits per heavy atom. The second kappa shape index (κ2) is 9.43. The molecular formula is C23H24O2. The van der Waals surface area contributed by atoms with Crippen LogP contribution in [0.4, 0.5) is 0 Å². The van der Waals surface area contributed by atoms with Crippen LogP contribution in [0, 0.1) is 0 Å². The van der Waals surface area contributed by atoms with Crippen molar-refractivity contribution < 1.29 is 9.90 Å². The number of carbonyl (C=O) groups is 1. The number of benzene rings is 3. The molecule has 3 aromatic rings. The van der Waals surface area contributed by atoms with Gasteiger partial charge < -0.3 is 5.11 Å². The summed E-state index contributed by atoms with van der Waals surface area (Å²) in [4.78, 5) is 11.2. The Morgan fingerprint density at radius 2 is 1.16 bits per heavy atom. The summed E-state index contributed by atoms with van der Waals surface area (Å²) in [5, 5.41) is 9.24. The van der Waals surface area contributed by atoms with Crippen molar-refractivity contribution in [2.45, 2.75) is 26.2 Å². The van der Waals surface area contributed by atoms with E-state index in [-0.39, 0.29) is 12.3 Å². The molecule has 0 saturated carbocycles. The predicted molar refractivity (Wildman–Crippen MR) is 104 cm³/mol. The first-order valence-electron chi connectivity index (χ1n) is 8.66. The molecule has 128 valence electrons. The van der Waals surface area contributed by atoms with Crippen LogP contribution in [0.15, 0.2) is 84.9 Å². The molecule has 3 aromatic carbocycles. The van der Waals surface area contributed by atoms with Gasteiger partial charge in [-0.15, -0.1) is 0 Å². The number of rotatable bonds is 5. The second-order valence-corrected chi connectivity index (χ2v) is 5.55. The lowest BCUT2D eigenvalue weighted by atomic mass is 9.88. The van der Waals surface area contributed by atoms with Gasteiger partial charge in [-0.25, -0.2) is 0 Å². The third-order valence-corrected chi connectivity index (χ3v) is 4.00. The molecule has 0 aliphatic heterocycles. The van der Waals surface area contributed by atoms with Crippen LogP contribution < -0.4 is 0 Å². The molecule has 1 N–H and O–H groups in total. The first kappa shape index (κ1) is 18.5. The zero-order valence-corrected chi connectivity index (χ0v) is 14.7. The third kappa shape index (κ3) is 5.05. The first-order chi connectivity index (χ1) is 12.2. The number of aliphatic carboxylic acids is 1. The van der Waals surface area contributed by atoms with Gasteiger partial charge in [0.05, 0.1) is 6.42 Å². The SMILES string of the molecule is CC.O=C(O)CC(c1ccccc1)c1ccc(-c2ccccc2)cc1. The molecule has 2 nitrogen and oxygen atoms in total. The van der Waals surface area contributed by atoms with Crippen molar-refractivity contribution in [2.75, 3.05) is 0 Å². The number of hydrogen-bond donors (Lipinski definition) is 1. The van der Waals surface area contributed by atoms with Crippen LogP contribution in [0.1, 0.15) is 37.3 Å². The smallest absolute Gasteiger partial charge is 0.304 e. The van der Waals surface area contributed by atoms with E-state index in [1.807, 2.05) is 74.5 Å². The molecule has 1 unspecified atom stereocenters. The number of carboxylic acids is 1. The van der Waals surface area contributed by atoms with Crippen LogP contribution in [-0.2, 0) is 4.79 Å². The Labute approximate surface area is 149 Å². The maximum absolute atomic E-state index is 11.2. The van der Waals surface area contributed by atoms with E-state index in [0.29, 0.717) is 0 Å². The minimum Gasteiger partial charge on any atom is -0.481 e. The van der Waals surface area contributed by atoms with Crippen LogP contribution in [0.2, 0.25) is 0 Å². The molecule has 2 heteroatoms. The summed E-state index contributed by atoms with van der Waals surface area (Å²) < 4.78 is 0. The zero-order chi connectivity index (χ0) is 18.1. The lowest BCUT2D eigenvalue weighted by molar-refractivity contribution is -0.137. The highest BCUT2D eigenvalue weighted by Gasteiger charge is 2.17. The van der Waals surface area contributed by atoms with Gasteiger partial charge in [0.15, 0.2) is 0 Å². The fraction of sp³-hybridized carbons (Fsp3) is 0.174. The molecular weight excluding hydrogens is 308 g/mol. The van der Waals surface area contributed by atoms with Crippen molar-refractivity contribution in [2.24, 2.45) is 0 Å². The van der Waals surface area contributed by atoms with Gasteiger partial charge in [-0.05, 0) is 22.3 Å². The number of carboxylic acid groups (broad SMARTS) is 1. The van der Waals surface area contributed by atoms with Gasteiger partial charge in [0.1, 0.15) is 0 Å². The second-order valence-electron chi connectivity index (χ2n) is 5.55. The molecule has 0 aliphatic carbocycles. The molecule has 25 heavy (non-hydrogen) atoms. The lowest BCUT2D eigenvalue weighted by Gasteiger charge is -2.16. The minimum atomic E-state index is -0.786. The van der Waals surface area contributed by atoms with Crippen molar-refractivity contribution >= 4 is 5.97 Å². The van der Waals surface area contributed by atoms with E-state index < -0.39 is 5.97 Å². The van der Waals surface area contributed by atoms with Crippen LogP contribution in [-0.4, -0.2) is 11.1 Å². The molecule has 0 fully saturated rings. The Bertz CT molecular complexity index is 762. The van der Waals surface area contributed by atoms with Gasteiger partial charge in [-0.3, -0.25) is 4.79 Å². The third-order valence-electron chi connectivity index (χ3n) is 4.00. The average molecular weight is 332 g/mol. The summed E-state index contributed by atoms with van der Waals surface area (Å²) in [5.74, 6) is -0.912. The molecule has 0 radical (unpaired) electrons. The van der Waals surface area contributed by atoms with E-state index >= 15 is 0 Å². The van der Waals surface area contributed by atoms with Crippen molar-refractivity contribution in [1.29, 1.82) is 0 Å². The fourth-order valence-electron chi connectivity index (χ4n) is 2.83. The Balaban J connectivity index is 0.00000109. The standard InChI is InChI=1S/C21H18O2.C2H6/c22-21(23)15-20(18-9-5-2-6-10-18)19-13-11-17(12-14-19)16-7-3-1-4-8-16;1-2/h1-14,20H,15H2,(H,22,23);1-2H3. The van der Waals surface area contributed by atoms with Crippen molar-refractivity contribution in [3.8, 4) is 11.1 Å². The summed E-state index contributed by atoms with van der Waals surface area (Å²) in [6.07, 6.45) is 0.0920. The molecule has 0 aromatic heterocycles.